The van der Waals surface area contributed by atoms with E-state index in [1.807, 2.05) is 24.3 Å². The third-order valence-corrected chi connectivity index (χ3v) is 3.13. The first kappa shape index (κ1) is 12.4. The van der Waals surface area contributed by atoms with Crippen molar-refractivity contribution < 1.29 is 14.3 Å². The predicted octanol–water partition coefficient (Wildman–Crippen LogP) is 2.68. The highest BCUT2D eigenvalue weighted by Crippen LogP contribution is 2.24. The molecule has 0 amide bonds. The maximum atomic E-state index is 11.3. The van der Waals surface area contributed by atoms with Crippen LogP contribution in [0.15, 0.2) is 30.5 Å². The molecule has 1 heterocycles. The Morgan fingerprint density at radius 1 is 1.28 bits per heavy atom. The van der Waals surface area contributed by atoms with Gasteiger partial charge in [0.05, 0.1) is 20.4 Å². The summed E-state index contributed by atoms with van der Waals surface area (Å²) in [6.07, 6.45) is 1.49. The summed E-state index contributed by atoms with van der Waals surface area (Å²) in [4.78, 5) is 15.8. The van der Waals surface area contributed by atoms with Crippen molar-refractivity contribution in [3.8, 4) is 5.75 Å². The molecule has 1 aromatic heterocycles. The Morgan fingerprint density at radius 3 is 2.61 bits per heavy atom. The minimum atomic E-state index is -0.379. The topological polar surface area (TPSA) is 60.5 Å². The highest BCUT2D eigenvalue weighted by Gasteiger charge is 2.10. The molecule has 0 fully saturated rings. The zero-order valence-corrected chi connectivity index (χ0v) is 10.8. The minimum absolute atomic E-state index is 0.379. The summed E-state index contributed by atoms with van der Waals surface area (Å²) in [5.74, 6) is 0.408. The average Bonchev–Trinajstić information content (AvgIpc) is 2.87. The molecule has 6 heteroatoms. The molecule has 94 valence electrons. The second-order valence-electron chi connectivity index (χ2n) is 3.37. The van der Waals surface area contributed by atoms with E-state index in [-0.39, 0.29) is 5.97 Å². The maximum absolute atomic E-state index is 11.3. The molecule has 1 aromatic carbocycles. The van der Waals surface area contributed by atoms with Gasteiger partial charge in [-0.05, 0) is 24.3 Å². The van der Waals surface area contributed by atoms with Gasteiger partial charge in [-0.2, -0.15) is 0 Å². The molecule has 0 unspecified atom stereocenters. The molecule has 2 aromatic rings. The number of esters is 1. The average molecular weight is 264 g/mol. The number of benzene rings is 1. The van der Waals surface area contributed by atoms with Crippen LogP contribution in [-0.2, 0) is 4.74 Å². The van der Waals surface area contributed by atoms with E-state index in [2.05, 4.69) is 15.0 Å². The van der Waals surface area contributed by atoms with E-state index in [1.165, 1.54) is 24.6 Å². The van der Waals surface area contributed by atoms with Gasteiger partial charge in [-0.3, -0.25) is 0 Å². The molecule has 0 saturated heterocycles. The van der Waals surface area contributed by atoms with E-state index in [9.17, 15) is 4.79 Å². The first-order valence-corrected chi connectivity index (χ1v) is 6.00. The number of nitrogens with zero attached hydrogens (tertiary/aromatic N) is 1. The third-order valence-electron chi connectivity index (χ3n) is 2.23. The van der Waals surface area contributed by atoms with Crippen molar-refractivity contribution in [3.63, 3.8) is 0 Å². The van der Waals surface area contributed by atoms with Gasteiger partial charge >= 0.3 is 5.97 Å². The quantitative estimate of drug-likeness (QED) is 0.860. The van der Waals surface area contributed by atoms with E-state index in [1.54, 1.807) is 7.11 Å². The van der Waals surface area contributed by atoms with E-state index in [0.29, 0.717) is 10.0 Å². The predicted molar refractivity (Wildman–Crippen MR) is 69.7 cm³/mol. The van der Waals surface area contributed by atoms with Gasteiger partial charge in [0, 0.05) is 5.69 Å². The highest BCUT2D eigenvalue weighted by atomic mass is 32.1. The molecule has 0 radical (unpaired) electrons. The van der Waals surface area contributed by atoms with Crippen molar-refractivity contribution in [2.24, 2.45) is 0 Å². The lowest BCUT2D eigenvalue weighted by molar-refractivity contribution is 0.0606. The fourth-order valence-corrected chi connectivity index (χ4v) is 2.08. The van der Waals surface area contributed by atoms with Crippen molar-refractivity contribution in [1.29, 1.82) is 0 Å². The van der Waals surface area contributed by atoms with Crippen molar-refractivity contribution >= 4 is 28.1 Å². The SMILES string of the molecule is COC(=O)c1cnc(Nc2ccc(OC)cc2)s1. The Bertz CT molecular complexity index is 537. The van der Waals surface area contributed by atoms with Crippen LogP contribution in [0.4, 0.5) is 10.8 Å². The molecule has 18 heavy (non-hydrogen) atoms. The molecular weight excluding hydrogens is 252 g/mol. The van der Waals surface area contributed by atoms with E-state index < -0.39 is 0 Å². The van der Waals surface area contributed by atoms with Gasteiger partial charge in [0.25, 0.3) is 0 Å². The standard InChI is InChI=1S/C12H12N2O3S/c1-16-9-5-3-8(4-6-9)14-12-13-7-10(18-12)11(15)17-2/h3-7H,1-2H3,(H,13,14). The van der Waals surface area contributed by atoms with Gasteiger partial charge in [-0.1, -0.05) is 11.3 Å². The zero-order valence-electron chi connectivity index (χ0n) is 9.97. The molecule has 2 rings (SSSR count). The Kier molecular flexibility index (Phi) is 3.78. The zero-order chi connectivity index (χ0) is 13.0. The van der Waals surface area contributed by atoms with Gasteiger partial charge in [0.1, 0.15) is 10.6 Å². The van der Waals surface area contributed by atoms with Crippen molar-refractivity contribution in [1.82, 2.24) is 4.98 Å². The van der Waals surface area contributed by atoms with Crippen LogP contribution in [0.3, 0.4) is 0 Å². The number of nitrogens with one attached hydrogen (secondary N) is 1. The normalized spacial score (nSPS) is 9.89. The number of carbonyl (C=O) groups is 1. The lowest BCUT2D eigenvalue weighted by Crippen LogP contribution is -1.96. The summed E-state index contributed by atoms with van der Waals surface area (Å²) in [6.45, 7) is 0. The first-order valence-electron chi connectivity index (χ1n) is 5.18. The smallest absolute Gasteiger partial charge is 0.349 e. The van der Waals surface area contributed by atoms with E-state index >= 15 is 0 Å². The van der Waals surface area contributed by atoms with Crippen LogP contribution >= 0.6 is 11.3 Å². The first-order chi connectivity index (χ1) is 8.72. The number of ether oxygens (including phenoxy) is 2. The van der Waals surface area contributed by atoms with Crippen LogP contribution < -0.4 is 10.1 Å². The van der Waals surface area contributed by atoms with Crippen molar-refractivity contribution in [2.45, 2.75) is 0 Å². The molecule has 0 atom stereocenters. The van der Waals surface area contributed by atoms with Crippen LogP contribution in [-0.4, -0.2) is 25.2 Å². The number of hydrogen-bond acceptors (Lipinski definition) is 6. The van der Waals surface area contributed by atoms with E-state index in [0.717, 1.165) is 11.4 Å². The van der Waals surface area contributed by atoms with Crippen LogP contribution in [0, 0.1) is 0 Å². The third kappa shape index (κ3) is 2.78. The summed E-state index contributed by atoms with van der Waals surface area (Å²) in [5, 5.41) is 3.74. The van der Waals surface area contributed by atoms with Crippen LogP contribution in [0.1, 0.15) is 9.67 Å². The summed E-state index contributed by atoms with van der Waals surface area (Å²) >= 11 is 1.24. The molecule has 1 N–H and O–H groups in total. The summed E-state index contributed by atoms with van der Waals surface area (Å²) in [6, 6.07) is 7.43. The summed E-state index contributed by atoms with van der Waals surface area (Å²) in [5.41, 5.74) is 0.876. The van der Waals surface area contributed by atoms with Crippen molar-refractivity contribution in [3.05, 3.63) is 35.3 Å². The van der Waals surface area contributed by atoms with Crippen molar-refractivity contribution in [2.75, 3.05) is 19.5 Å². The monoisotopic (exact) mass is 264 g/mol. The number of aromatic nitrogens is 1. The van der Waals surface area contributed by atoms with Crippen LogP contribution in [0.25, 0.3) is 0 Å². The van der Waals surface area contributed by atoms with Crippen LogP contribution in [0.5, 0.6) is 5.75 Å². The lowest BCUT2D eigenvalue weighted by atomic mass is 10.3. The molecule has 0 aliphatic rings. The number of hydrogen-bond donors (Lipinski definition) is 1. The molecule has 0 saturated carbocycles. The van der Waals surface area contributed by atoms with Gasteiger partial charge in [0.2, 0.25) is 0 Å². The fraction of sp³-hybridized carbons (Fsp3) is 0.167. The number of carbonyl (C=O) groups excluding carboxylic acids is 1. The summed E-state index contributed by atoms with van der Waals surface area (Å²) in [7, 11) is 2.96. The van der Waals surface area contributed by atoms with Gasteiger partial charge in [-0.25, -0.2) is 9.78 Å². The second-order valence-corrected chi connectivity index (χ2v) is 4.41. The molecule has 0 aliphatic carbocycles. The molecule has 0 aliphatic heterocycles. The van der Waals surface area contributed by atoms with Gasteiger partial charge in [-0.15, -0.1) is 0 Å². The van der Waals surface area contributed by atoms with Gasteiger partial charge < -0.3 is 14.8 Å². The number of anilines is 2. The Balaban J connectivity index is 2.08. The lowest BCUT2D eigenvalue weighted by Gasteiger charge is -2.03. The summed E-state index contributed by atoms with van der Waals surface area (Å²) < 4.78 is 9.68. The van der Waals surface area contributed by atoms with E-state index in [4.69, 9.17) is 4.74 Å². The molecular formula is C12H12N2O3S. The molecule has 0 bridgehead atoms. The van der Waals surface area contributed by atoms with Gasteiger partial charge in [0.15, 0.2) is 5.13 Å². The fourth-order valence-electron chi connectivity index (χ4n) is 1.32. The maximum Gasteiger partial charge on any atom is 0.349 e. The Labute approximate surface area is 108 Å². The number of thiazole rings is 1. The Hall–Kier alpha value is -2.08. The minimum Gasteiger partial charge on any atom is -0.497 e. The molecule has 5 nitrogen and oxygen atoms in total. The second kappa shape index (κ2) is 5.50. The molecule has 0 spiro atoms. The number of rotatable bonds is 4. The Morgan fingerprint density at radius 2 is 2.00 bits per heavy atom. The highest BCUT2D eigenvalue weighted by molar-refractivity contribution is 7.17. The van der Waals surface area contributed by atoms with Crippen LogP contribution in [0.2, 0.25) is 0 Å². The largest absolute Gasteiger partial charge is 0.497 e. The number of methoxy groups -OCH3 is 2.